The van der Waals surface area contributed by atoms with E-state index in [1.807, 2.05) is 6.92 Å². The number of phenolic OH excluding ortho intramolecular Hbond substituents is 2. The number of aromatic amines is 1. The van der Waals surface area contributed by atoms with E-state index >= 15 is 38.4 Å². The van der Waals surface area contributed by atoms with E-state index in [0.717, 1.165) is 58.6 Å². The normalized spacial score (nSPS) is 22.8. The van der Waals surface area contributed by atoms with Crippen LogP contribution in [0, 0.1) is 17.8 Å². The van der Waals surface area contributed by atoms with Crippen LogP contribution in [-0.4, -0.2) is 272 Å². The number of unbranched alkanes of at least 4 members (excludes halogenated alkanes) is 1. The average molecular weight is 1800 g/mol. The first-order valence-corrected chi connectivity index (χ1v) is 44.8. The Labute approximate surface area is 755 Å². The quantitative estimate of drug-likeness (QED) is 0.0438. The molecule has 15 N–H and O–H groups in total. The van der Waals surface area contributed by atoms with Crippen molar-refractivity contribution < 1.29 is 92.0 Å². The van der Waals surface area contributed by atoms with E-state index in [9.17, 15) is 53.7 Å². The molecule has 0 bridgehead atoms. The van der Waals surface area contributed by atoms with Crippen molar-refractivity contribution in [1.82, 2.24) is 77.3 Å². The molecule has 1 aliphatic heterocycles. The molecule has 6 aromatic rings. The van der Waals surface area contributed by atoms with Gasteiger partial charge in [-0.2, -0.15) is 0 Å². The largest absolute Gasteiger partial charge is 0.508 e. The van der Waals surface area contributed by atoms with Gasteiger partial charge in [0.05, 0.1) is 31.8 Å². The summed E-state index contributed by atoms with van der Waals surface area (Å²) in [4.78, 5) is 244. The molecule has 129 heavy (non-hydrogen) atoms. The number of primary amides is 1. The summed E-state index contributed by atoms with van der Waals surface area (Å²) in [6, 6.07) is 19.1. The highest BCUT2D eigenvalue weighted by molar-refractivity contribution is 8.00. The summed E-state index contributed by atoms with van der Waals surface area (Å²) in [7, 11) is 6.64. The minimum absolute atomic E-state index is 0.0514. The van der Waals surface area contributed by atoms with Crippen LogP contribution < -0.4 is 53.6 Å². The number of hydrogen-bond donors (Lipinski definition) is 14. The number of nitrogens with one attached hydrogen (secondary N) is 10. The fourth-order valence-corrected chi connectivity index (χ4v) is 16.7. The zero-order valence-corrected chi connectivity index (χ0v) is 75.6. The van der Waals surface area contributed by atoms with Crippen molar-refractivity contribution in [1.29, 1.82) is 0 Å². The van der Waals surface area contributed by atoms with Gasteiger partial charge in [0.2, 0.25) is 88.6 Å². The second-order valence-electron chi connectivity index (χ2n) is 34.1. The zero-order chi connectivity index (χ0) is 94.3. The van der Waals surface area contributed by atoms with Crippen molar-refractivity contribution in [3.8, 4) is 11.5 Å². The van der Waals surface area contributed by atoms with Crippen molar-refractivity contribution in [3.05, 3.63) is 167 Å². The van der Waals surface area contributed by atoms with E-state index in [1.165, 1.54) is 93.6 Å². The van der Waals surface area contributed by atoms with Crippen molar-refractivity contribution in [2.24, 2.45) is 23.5 Å². The number of carbonyl (C=O) groups excluding carboxylic acids is 15. The number of amides is 15. The smallest absolute Gasteiger partial charge is 0.305 e. The van der Waals surface area contributed by atoms with E-state index in [0.29, 0.717) is 51.6 Å². The number of aromatic nitrogens is 1. The second kappa shape index (κ2) is 49.4. The Hall–Kier alpha value is -12.9. The fraction of sp³-hybridized carbons (Fsp3) is 0.484. The number of thioether (sulfide) groups is 1. The molecule has 0 radical (unpaired) electrons. The number of aliphatic carboxylic acids is 1. The highest BCUT2D eigenvalue weighted by atomic mass is 32.2. The van der Waals surface area contributed by atoms with Crippen molar-refractivity contribution in [2.75, 3.05) is 66.4 Å². The van der Waals surface area contributed by atoms with E-state index in [4.69, 9.17) is 5.73 Å². The van der Waals surface area contributed by atoms with E-state index < -0.39 is 199 Å². The van der Waals surface area contributed by atoms with Crippen molar-refractivity contribution in [2.45, 2.75) is 204 Å². The fourth-order valence-electron chi connectivity index (χ4n) is 15.9. The number of likely N-dealkylation sites (N-methyl/N-ethyl adjacent to an activating group) is 5. The number of H-pyrrole nitrogens is 1. The van der Waals surface area contributed by atoms with Gasteiger partial charge in [-0.05, 0) is 95.2 Å². The Morgan fingerprint density at radius 1 is 0.488 bits per heavy atom. The lowest BCUT2D eigenvalue weighted by molar-refractivity contribution is -0.151. The first-order chi connectivity index (χ1) is 61.4. The molecule has 8 rings (SSSR count). The third kappa shape index (κ3) is 31.0. The van der Waals surface area contributed by atoms with Gasteiger partial charge in [0, 0.05) is 90.2 Å². The van der Waals surface area contributed by atoms with Gasteiger partial charge in [0.1, 0.15) is 78.0 Å². The van der Waals surface area contributed by atoms with Gasteiger partial charge in [-0.1, -0.05) is 183 Å². The highest BCUT2D eigenvalue weighted by Gasteiger charge is 2.43. The maximum atomic E-state index is 15.6. The molecule has 1 aromatic heterocycles. The maximum Gasteiger partial charge on any atom is 0.305 e. The van der Waals surface area contributed by atoms with E-state index in [-0.39, 0.29) is 80.5 Å². The third-order valence-corrected chi connectivity index (χ3v) is 24.1. The lowest BCUT2D eigenvalue weighted by atomic mass is 9.84. The number of carbonyl (C=O) groups is 16. The van der Waals surface area contributed by atoms with Gasteiger partial charge in [0.25, 0.3) is 0 Å². The first-order valence-electron chi connectivity index (χ1n) is 43.6. The molecule has 0 spiro atoms. The molecule has 1 saturated heterocycles. The standard InChI is InChI=1S/C93H124N16O19S/c1-11-12-32-74-91(126)106(7)52-79(114)98-70(48-81(116)117)87(122)104-82(56(4)5)93(128)108(9)75(45-58-26-18-14-19-27-58)88(123)102-71(44-61-35-39-64(111)40-36-61)89(124)105(6)51-78(113)97-69(47-62-49-95-66-31-23-22-30-65(62)66)86(121)101-68(42-60-33-37-63(110)38-34-60)85(120)100-67(41-55(2)3)84(119)103-73(83(118)96-50-77(94)112)53-129-54-80(115)99-72(43-57-24-16-13-17-25-57)90(125)109(10)76(92(127)107(74)8)46-59-28-20-15-21-29-59/h14-15,18-23,26-31,33-40,49,55-57,67-76,82,95,110-111H,11-13,16-17,24-25,32,41-48,50-54H2,1-10H3,(H2,94,112)(H,96,118)(H,97,113)(H,98,114)(H,99,115)(H,100,120)(H,101,121)(H,102,123)(H,103,119)(H,104,122)(H,116,117)/t67-,68-,69-,70-,71-,72-,73-,74-,75-,76-,82-/m0/s1. The monoisotopic (exact) mass is 1800 g/mol. The summed E-state index contributed by atoms with van der Waals surface area (Å²) in [5.74, 6) is -17.0. The summed E-state index contributed by atoms with van der Waals surface area (Å²) in [5, 5.41) is 55.8. The molecule has 1 saturated carbocycles. The minimum atomic E-state index is -1.90. The van der Waals surface area contributed by atoms with Gasteiger partial charge in [-0.3, -0.25) is 76.7 Å². The van der Waals surface area contributed by atoms with Gasteiger partial charge >= 0.3 is 5.97 Å². The molecule has 0 unspecified atom stereocenters. The Bertz CT molecular complexity index is 4880. The van der Waals surface area contributed by atoms with Gasteiger partial charge < -0.3 is 98.4 Å². The maximum absolute atomic E-state index is 15.6. The number of phenols is 2. The minimum Gasteiger partial charge on any atom is -0.508 e. The Balaban J connectivity index is 1.21. The summed E-state index contributed by atoms with van der Waals surface area (Å²) < 4.78 is 0. The van der Waals surface area contributed by atoms with Crippen LogP contribution in [0.2, 0.25) is 0 Å². The predicted octanol–water partition coefficient (Wildman–Crippen LogP) is 3.05. The predicted molar refractivity (Wildman–Crippen MR) is 483 cm³/mol. The number of hydrogen-bond acceptors (Lipinski definition) is 19. The van der Waals surface area contributed by atoms with Crippen LogP contribution in [0.3, 0.4) is 0 Å². The Morgan fingerprint density at radius 3 is 1.54 bits per heavy atom. The van der Waals surface area contributed by atoms with E-state index in [2.05, 4.69) is 52.8 Å². The molecular weight excluding hydrogens is 1680 g/mol. The Kier molecular flexibility index (Phi) is 38.9. The average Bonchev–Trinajstić information content (AvgIpc) is 1.50. The van der Waals surface area contributed by atoms with Crippen LogP contribution in [0.5, 0.6) is 11.5 Å². The van der Waals surface area contributed by atoms with Crippen LogP contribution in [0.15, 0.2) is 140 Å². The molecule has 696 valence electrons. The van der Waals surface area contributed by atoms with Crippen LogP contribution >= 0.6 is 11.8 Å². The van der Waals surface area contributed by atoms with Gasteiger partial charge in [-0.25, -0.2) is 0 Å². The lowest BCUT2D eigenvalue weighted by Crippen LogP contribution is -2.61. The van der Waals surface area contributed by atoms with Crippen LogP contribution in [0.4, 0.5) is 0 Å². The third-order valence-electron chi connectivity index (χ3n) is 23.1. The number of aromatic hydroxyl groups is 2. The number of rotatable bonds is 23. The zero-order valence-electron chi connectivity index (χ0n) is 74.8. The SMILES string of the molecule is CCCC[C@H]1C(=O)N(C)CC(=O)N[C@@H](CC(=O)O)C(=O)N[C@@H](C(C)C)C(=O)N(C)[C@@H](Cc2ccccc2)C(=O)N[C@@H](Cc2ccc(O)cc2)C(=O)N(C)CC(=O)N[C@@H](Cc2c[nH]c3ccccc23)C(=O)N[C@@H](Cc2ccc(O)cc2)C(=O)N[C@@H](CC(C)C)C(=O)N[C@H](C(=O)NCC(N)=O)CSCC(=O)N[C@@H](CC2CCCCC2)C(=O)N(C)[C@@H](Cc2ccccc2)C(=O)N1C. The second-order valence-corrected chi connectivity index (χ2v) is 35.1. The number of para-hydroxylation sites is 1. The van der Waals surface area contributed by atoms with Crippen molar-refractivity contribution in [3.63, 3.8) is 0 Å². The molecule has 2 heterocycles. The summed E-state index contributed by atoms with van der Waals surface area (Å²) in [6.45, 7) is 6.26. The van der Waals surface area contributed by atoms with Crippen LogP contribution in [-0.2, 0) is 109 Å². The number of benzene rings is 5. The number of carboxylic acid groups (broad SMARTS) is 1. The number of carboxylic acids is 1. The topological polar surface area (TPSA) is 500 Å². The summed E-state index contributed by atoms with van der Waals surface area (Å²) in [5.41, 5.74) is 8.60. The molecule has 1 aliphatic carbocycles. The molecule has 2 aliphatic rings. The van der Waals surface area contributed by atoms with Crippen LogP contribution in [0.25, 0.3) is 10.9 Å². The molecule has 35 nitrogen and oxygen atoms in total. The molecule has 5 aromatic carbocycles. The Morgan fingerprint density at radius 2 is 0.977 bits per heavy atom. The number of nitrogens with two attached hydrogens (primary N) is 1. The number of fused-ring (bicyclic) bond motifs is 1. The van der Waals surface area contributed by atoms with Gasteiger partial charge in [-0.15, -0.1) is 11.8 Å². The molecule has 2 fully saturated rings. The van der Waals surface area contributed by atoms with Gasteiger partial charge in [0.15, 0.2) is 0 Å². The first kappa shape index (κ1) is 102. The van der Waals surface area contributed by atoms with E-state index in [1.54, 1.807) is 119 Å². The lowest BCUT2D eigenvalue weighted by Gasteiger charge is -2.37. The molecule has 15 amide bonds. The summed E-state index contributed by atoms with van der Waals surface area (Å²) in [6.07, 6.45) is 4.60. The van der Waals surface area contributed by atoms with Crippen molar-refractivity contribution >= 4 is 117 Å². The number of nitrogens with zero attached hydrogens (tertiary/aromatic N) is 5. The highest BCUT2D eigenvalue weighted by Crippen LogP contribution is 2.30. The molecule has 11 atom stereocenters. The molecular formula is C93H124N16O19S. The summed E-state index contributed by atoms with van der Waals surface area (Å²) >= 11 is 0.869. The van der Waals surface area contributed by atoms with Crippen LogP contribution in [0.1, 0.15) is 133 Å². The molecule has 36 heteroatoms.